The summed E-state index contributed by atoms with van der Waals surface area (Å²) in [5, 5.41) is 0.880. The van der Waals surface area contributed by atoms with Gasteiger partial charge in [-0.3, -0.25) is 0 Å². The molecule has 1 atom stereocenters. The van der Waals surface area contributed by atoms with Crippen LogP contribution in [-0.4, -0.2) is 41.9 Å². The lowest BCUT2D eigenvalue weighted by molar-refractivity contribution is 0.0529. The monoisotopic (exact) mass is 374 g/mol. The molecule has 0 bridgehead atoms. The molecule has 0 unspecified atom stereocenters. The zero-order valence-corrected chi connectivity index (χ0v) is 16.3. The fraction of sp³-hybridized carbons (Fsp3) is 0.474. The van der Waals surface area contributed by atoms with Crippen molar-refractivity contribution >= 4 is 17.6 Å². The van der Waals surface area contributed by atoms with Gasteiger partial charge >= 0.3 is 0 Å². The molecule has 3 rings (SSSR count). The number of ether oxygens (including phenoxy) is 2. The Hall–Kier alpha value is -1.99. The lowest BCUT2D eigenvalue weighted by atomic mass is 10.3. The number of rotatable bonds is 5. The number of hydrogen-bond donors (Lipinski definition) is 1. The Bertz CT molecular complexity index is 730. The predicted octanol–water partition coefficient (Wildman–Crippen LogP) is 3.23. The highest BCUT2D eigenvalue weighted by Crippen LogP contribution is 2.32. The van der Waals surface area contributed by atoms with Gasteiger partial charge in [-0.05, 0) is 32.9 Å². The molecule has 0 amide bonds. The van der Waals surface area contributed by atoms with E-state index < -0.39 is 0 Å². The van der Waals surface area contributed by atoms with E-state index in [-0.39, 0.29) is 12.2 Å². The van der Waals surface area contributed by atoms with Crippen LogP contribution in [0, 0.1) is 0 Å². The number of nitrogens with two attached hydrogens (primary N) is 1. The largest absolute Gasteiger partial charge is 0.495 e. The van der Waals surface area contributed by atoms with E-state index in [1.165, 1.54) is 0 Å². The van der Waals surface area contributed by atoms with Crippen molar-refractivity contribution in [1.82, 2.24) is 9.97 Å². The van der Waals surface area contributed by atoms with E-state index in [0.717, 1.165) is 53.3 Å². The van der Waals surface area contributed by atoms with E-state index in [1.54, 1.807) is 18.1 Å². The highest BCUT2D eigenvalue weighted by atomic mass is 32.2. The van der Waals surface area contributed by atoms with Gasteiger partial charge in [0.2, 0.25) is 0 Å². The summed E-state index contributed by atoms with van der Waals surface area (Å²) < 4.78 is 11.4. The van der Waals surface area contributed by atoms with Crippen molar-refractivity contribution in [2.75, 3.05) is 24.6 Å². The van der Waals surface area contributed by atoms with Crippen LogP contribution in [0.1, 0.15) is 27.2 Å². The Labute approximate surface area is 159 Å². The first kappa shape index (κ1) is 18.8. The average molecular weight is 375 g/mol. The number of morpholine rings is 1. The second-order valence-electron chi connectivity index (χ2n) is 6.64. The zero-order chi connectivity index (χ0) is 18.5. The van der Waals surface area contributed by atoms with Crippen LogP contribution in [0.2, 0.25) is 0 Å². The number of aromatic nitrogens is 2. The Morgan fingerprint density at radius 3 is 2.96 bits per heavy atom. The SMILES string of the molecule is CC(C)OC1=CC=C(N)C(Sc2cc(N3CCO[C@H](C)C3)ncn2)=CC1. The summed E-state index contributed by atoms with van der Waals surface area (Å²) in [5.74, 6) is 1.85. The normalized spacial score (nSPS) is 21.0. The Morgan fingerprint density at radius 1 is 1.35 bits per heavy atom. The molecule has 1 aliphatic carbocycles. The minimum absolute atomic E-state index is 0.152. The van der Waals surface area contributed by atoms with Gasteiger partial charge in [0, 0.05) is 36.2 Å². The van der Waals surface area contributed by atoms with E-state index in [9.17, 15) is 0 Å². The number of hydrogen-bond acceptors (Lipinski definition) is 7. The molecule has 1 aliphatic heterocycles. The molecule has 2 aliphatic rings. The molecule has 0 saturated carbocycles. The van der Waals surface area contributed by atoms with Crippen LogP contribution in [0.3, 0.4) is 0 Å². The molecule has 0 spiro atoms. The average Bonchev–Trinajstić information content (AvgIpc) is 2.78. The van der Waals surface area contributed by atoms with Gasteiger partial charge in [0.05, 0.1) is 18.8 Å². The first-order chi connectivity index (χ1) is 12.5. The van der Waals surface area contributed by atoms with Crippen LogP contribution in [0.4, 0.5) is 5.82 Å². The quantitative estimate of drug-likeness (QED) is 0.793. The van der Waals surface area contributed by atoms with Crippen LogP contribution in [0.15, 0.2) is 52.0 Å². The molecule has 1 aromatic heterocycles. The summed E-state index contributed by atoms with van der Waals surface area (Å²) in [4.78, 5) is 12.0. The molecule has 7 heteroatoms. The first-order valence-corrected chi connectivity index (χ1v) is 9.73. The maximum Gasteiger partial charge on any atom is 0.133 e. The van der Waals surface area contributed by atoms with E-state index in [0.29, 0.717) is 0 Å². The van der Waals surface area contributed by atoms with E-state index in [1.807, 2.05) is 32.1 Å². The Kier molecular flexibility index (Phi) is 6.21. The molecule has 2 heterocycles. The fourth-order valence-corrected chi connectivity index (χ4v) is 3.67. The number of allylic oxidation sites excluding steroid dienone is 3. The zero-order valence-electron chi connectivity index (χ0n) is 15.5. The number of nitrogens with zero attached hydrogens (tertiary/aromatic N) is 3. The Morgan fingerprint density at radius 2 is 2.19 bits per heavy atom. The third-order valence-corrected chi connectivity index (χ3v) is 5.07. The van der Waals surface area contributed by atoms with Gasteiger partial charge in [0.25, 0.3) is 0 Å². The number of anilines is 1. The van der Waals surface area contributed by atoms with E-state index >= 15 is 0 Å². The van der Waals surface area contributed by atoms with Crippen molar-refractivity contribution in [3.8, 4) is 0 Å². The fourth-order valence-electron chi connectivity index (χ4n) is 2.83. The molecule has 1 fully saturated rings. The third kappa shape index (κ3) is 5.02. The standard InChI is InChI=1S/C19H26N4O2S/c1-13(2)25-15-4-6-16(20)17(7-5-15)26-19-10-18(21-12-22-19)23-8-9-24-14(3)11-23/h4,6-7,10,12-14H,5,8-9,11,20H2,1-3H3/t14-/m1/s1. The molecule has 26 heavy (non-hydrogen) atoms. The topological polar surface area (TPSA) is 73.5 Å². The maximum absolute atomic E-state index is 6.22. The van der Waals surface area contributed by atoms with Crippen molar-refractivity contribution in [2.24, 2.45) is 5.73 Å². The third-order valence-electron chi connectivity index (χ3n) is 4.02. The van der Waals surface area contributed by atoms with Gasteiger partial charge in [-0.2, -0.15) is 0 Å². The summed E-state index contributed by atoms with van der Waals surface area (Å²) in [7, 11) is 0. The smallest absolute Gasteiger partial charge is 0.133 e. The second kappa shape index (κ2) is 8.60. The molecule has 2 N–H and O–H groups in total. The minimum Gasteiger partial charge on any atom is -0.495 e. The van der Waals surface area contributed by atoms with Crippen molar-refractivity contribution in [3.63, 3.8) is 0 Å². The lowest BCUT2D eigenvalue weighted by Gasteiger charge is -2.32. The van der Waals surface area contributed by atoms with Crippen molar-refractivity contribution in [1.29, 1.82) is 0 Å². The van der Waals surface area contributed by atoms with Gasteiger partial charge in [-0.25, -0.2) is 9.97 Å². The van der Waals surface area contributed by atoms with Crippen molar-refractivity contribution in [3.05, 3.63) is 47.0 Å². The maximum atomic E-state index is 6.22. The summed E-state index contributed by atoms with van der Waals surface area (Å²) in [6.45, 7) is 8.52. The summed E-state index contributed by atoms with van der Waals surface area (Å²) in [6.07, 6.45) is 8.63. The number of thioether (sulfide) groups is 1. The van der Waals surface area contributed by atoms with Gasteiger partial charge in [-0.15, -0.1) is 0 Å². The van der Waals surface area contributed by atoms with Gasteiger partial charge in [0.1, 0.15) is 22.9 Å². The molecule has 0 radical (unpaired) electrons. The molecular formula is C19H26N4O2S. The minimum atomic E-state index is 0.152. The predicted molar refractivity (Wildman–Crippen MR) is 105 cm³/mol. The summed E-state index contributed by atoms with van der Waals surface area (Å²) in [5.41, 5.74) is 6.94. The molecule has 140 valence electrons. The highest BCUT2D eigenvalue weighted by molar-refractivity contribution is 8.03. The highest BCUT2D eigenvalue weighted by Gasteiger charge is 2.19. The van der Waals surface area contributed by atoms with Crippen LogP contribution in [0.25, 0.3) is 0 Å². The summed E-state index contributed by atoms with van der Waals surface area (Å²) in [6, 6.07) is 2.01. The van der Waals surface area contributed by atoms with Gasteiger partial charge < -0.3 is 20.1 Å². The van der Waals surface area contributed by atoms with Crippen LogP contribution < -0.4 is 10.6 Å². The van der Waals surface area contributed by atoms with E-state index in [4.69, 9.17) is 15.2 Å². The van der Waals surface area contributed by atoms with Gasteiger partial charge in [-0.1, -0.05) is 17.8 Å². The summed E-state index contributed by atoms with van der Waals surface area (Å²) >= 11 is 1.56. The van der Waals surface area contributed by atoms with Crippen LogP contribution >= 0.6 is 11.8 Å². The molecule has 1 saturated heterocycles. The van der Waals surface area contributed by atoms with Crippen LogP contribution in [-0.2, 0) is 9.47 Å². The van der Waals surface area contributed by atoms with Crippen LogP contribution in [0.5, 0.6) is 0 Å². The molecule has 6 nitrogen and oxygen atoms in total. The first-order valence-electron chi connectivity index (χ1n) is 8.91. The van der Waals surface area contributed by atoms with Crippen molar-refractivity contribution in [2.45, 2.75) is 44.4 Å². The molecular weight excluding hydrogens is 348 g/mol. The van der Waals surface area contributed by atoms with E-state index in [2.05, 4.69) is 27.9 Å². The molecule has 0 aromatic carbocycles. The lowest BCUT2D eigenvalue weighted by Crippen LogP contribution is -2.41. The second-order valence-corrected chi connectivity index (χ2v) is 7.70. The Balaban J connectivity index is 1.71. The molecule has 1 aromatic rings. The van der Waals surface area contributed by atoms with Crippen molar-refractivity contribution < 1.29 is 9.47 Å². The van der Waals surface area contributed by atoms with Gasteiger partial charge in [0.15, 0.2) is 0 Å².